The molecule has 1 aliphatic heterocycles. The summed E-state index contributed by atoms with van der Waals surface area (Å²) < 4.78 is 7.45. The average molecular weight is 230 g/mol. The topological polar surface area (TPSA) is 64.4 Å². The average Bonchev–Trinajstić information content (AvgIpc) is 2.74. The van der Waals surface area contributed by atoms with Gasteiger partial charge in [0.25, 0.3) is 0 Å². The van der Waals surface area contributed by atoms with Gasteiger partial charge in [0.05, 0.1) is 11.4 Å². The molecule has 1 aromatic heterocycles. The Labute approximate surface area is 97.3 Å². The molecule has 0 bridgehead atoms. The molecule has 3 rings (SSSR count). The van der Waals surface area contributed by atoms with Crippen molar-refractivity contribution in [1.82, 2.24) is 9.55 Å². The Morgan fingerprint density at radius 3 is 3.00 bits per heavy atom. The molecule has 86 valence electrons. The highest BCUT2D eigenvalue weighted by Crippen LogP contribution is 2.36. The maximum atomic E-state index is 11.1. The van der Waals surface area contributed by atoms with Gasteiger partial charge in [-0.05, 0) is 19.1 Å². The lowest BCUT2D eigenvalue weighted by Gasteiger charge is -2.25. The van der Waals surface area contributed by atoms with Crippen molar-refractivity contribution in [3.63, 3.8) is 0 Å². The molecule has 1 atom stereocenters. The Hall–Kier alpha value is -2.30. The zero-order chi connectivity index (χ0) is 12.0. The molecule has 0 saturated heterocycles. The van der Waals surface area contributed by atoms with Crippen LogP contribution in [0, 0.1) is 0 Å². The summed E-state index contributed by atoms with van der Waals surface area (Å²) in [6.07, 6.45) is 1.20. The van der Waals surface area contributed by atoms with Crippen LogP contribution in [0.15, 0.2) is 30.6 Å². The second kappa shape index (κ2) is 3.35. The fourth-order valence-electron chi connectivity index (χ4n) is 2.11. The van der Waals surface area contributed by atoms with Crippen LogP contribution in [0.25, 0.3) is 5.69 Å². The summed E-state index contributed by atoms with van der Waals surface area (Å²) in [7, 11) is 0. The standard InChI is InChI=1S/C12H10N2O3/c1-7-11-10(12(15)16)13-6-14(11)8-4-2-3-5-9(8)17-7/h2-7H,1H3,(H,15,16). The molecule has 1 aromatic carbocycles. The monoisotopic (exact) mass is 230 g/mol. The molecule has 1 aliphatic rings. The SMILES string of the molecule is CC1Oc2ccccc2-n2cnc(C(=O)O)c21. The van der Waals surface area contributed by atoms with Gasteiger partial charge in [0.15, 0.2) is 5.69 Å². The van der Waals surface area contributed by atoms with Crippen molar-refractivity contribution >= 4 is 5.97 Å². The van der Waals surface area contributed by atoms with Gasteiger partial charge in [-0.3, -0.25) is 4.57 Å². The number of benzene rings is 1. The molecule has 0 saturated carbocycles. The summed E-state index contributed by atoms with van der Waals surface area (Å²) in [4.78, 5) is 15.0. The van der Waals surface area contributed by atoms with E-state index in [0.29, 0.717) is 5.69 Å². The van der Waals surface area contributed by atoms with E-state index < -0.39 is 5.97 Å². The fraction of sp³-hybridized carbons (Fsp3) is 0.167. The smallest absolute Gasteiger partial charge is 0.356 e. The number of ether oxygens (including phenoxy) is 1. The number of carboxylic acid groups (broad SMARTS) is 1. The molecule has 0 fully saturated rings. The highest BCUT2D eigenvalue weighted by Gasteiger charge is 2.29. The third kappa shape index (κ3) is 1.32. The zero-order valence-electron chi connectivity index (χ0n) is 9.12. The van der Waals surface area contributed by atoms with Crippen molar-refractivity contribution in [2.75, 3.05) is 0 Å². The molecule has 0 spiro atoms. The molecule has 0 aliphatic carbocycles. The third-order valence-electron chi connectivity index (χ3n) is 2.82. The van der Waals surface area contributed by atoms with Crippen molar-refractivity contribution in [2.45, 2.75) is 13.0 Å². The highest BCUT2D eigenvalue weighted by atomic mass is 16.5. The minimum Gasteiger partial charge on any atom is -0.482 e. The molecular formula is C12H10N2O3. The van der Waals surface area contributed by atoms with Gasteiger partial charge >= 0.3 is 5.97 Å². The van der Waals surface area contributed by atoms with Crippen molar-refractivity contribution in [1.29, 1.82) is 0 Å². The van der Waals surface area contributed by atoms with Crippen LogP contribution in [0.2, 0.25) is 0 Å². The number of nitrogens with zero attached hydrogens (tertiary/aromatic N) is 2. The first-order chi connectivity index (χ1) is 8.18. The van der Waals surface area contributed by atoms with E-state index >= 15 is 0 Å². The third-order valence-corrected chi connectivity index (χ3v) is 2.82. The molecule has 1 unspecified atom stereocenters. The van der Waals surface area contributed by atoms with E-state index in [-0.39, 0.29) is 11.8 Å². The highest BCUT2D eigenvalue weighted by molar-refractivity contribution is 5.87. The van der Waals surface area contributed by atoms with E-state index in [1.165, 1.54) is 6.33 Å². The number of fused-ring (bicyclic) bond motifs is 3. The van der Waals surface area contributed by atoms with Gasteiger partial charge in [0.2, 0.25) is 0 Å². The van der Waals surface area contributed by atoms with Crippen LogP contribution in [0.4, 0.5) is 0 Å². The summed E-state index contributed by atoms with van der Waals surface area (Å²) >= 11 is 0. The van der Waals surface area contributed by atoms with E-state index in [9.17, 15) is 4.79 Å². The van der Waals surface area contributed by atoms with Crippen molar-refractivity contribution < 1.29 is 14.6 Å². The summed E-state index contributed by atoms with van der Waals surface area (Å²) in [5.74, 6) is -0.296. The number of carboxylic acids is 1. The summed E-state index contributed by atoms with van der Waals surface area (Å²) in [5.41, 5.74) is 1.45. The number of hydrogen-bond donors (Lipinski definition) is 1. The second-order valence-corrected chi connectivity index (χ2v) is 3.88. The van der Waals surface area contributed by atoms with Crippen LogP contribution in [0.3, 0.4) is 0 Å². The number of hydrogen-bond acceptors (Lipinski definition) is 3. The summed E-state index contributed by atoms with van der Waals surface area (Å²) in [5, 5.41) is 9.06. The Kier molecular flexibility index (Phi) is 1.95. The minimum atomic E-state index is -1.03. The second-order valence-electron chi connectivity index (χ2n) is 3.88. The van der Waals surface area contributed by atoms with Gasteiger partial charge in [-0.2, -0.15) is 0 Å². The van der Waals surface area contributed by atoms with Gasteiger partial charge in [0.1, 0.15) is 18.2 Å². The lowest BCUT2D eigenvalue weighted by Crippen LogP contribution is -2.18. The van der Waals surface area contributed by atoms with Gasteiger partial charge in [-0.1, -0.05) is 12.1 Å². The number of aromatic nitrogens is 2. The predicted molar refractivity (Wildman–Crippen MR) is 59.6 cm³/mol. The van der Waals surface area contributed by atoms with Crippen LogP contribution in [0.1, 0.15) is 29.2 Å². The lowest BCUT2D eigenvalue weighted by atomic mass is 10.1. The van der Waals surface area contributed by atoms with Crippen molar-refractivity contribution in [3.8, 4) is 11.4 Å². The van der Waals surface area contributed by atoms with Crippen LogP contribution in [-0.2, 0) is 0 Å². The quantitative estimate of drug-likeness (QED) is 0.814. The Morgan fingerprint density at radius 1 is 1.47 bits per heavy atom. The number of para-hydroxylation sites is 2. The number of carbonyl (C=O) groups is 1. The Bertz CT molecular complexity index is 604. The summed E-state index contributed by atoms with van der Waals surface area (Å²) in [6.45, 7) is 1.82. The lowest BCUT2D eigenvalue weighted by molar-refractivity contribution is 0.0684. The van der Waals surface area contributed by atoms with Gasteiger partial charge in [-0.25, -0.2) is 9.78 Å². The van der Waals surface area contributed by atoms with E-state index in [1.54, 1.807) is 4.57 Å². The molecular weight excluding hydrogens is 220 g/mol. The number of aromatic carboxylic acids is 1. The first-order valence-electron chi connectivity index (χ1n) is 5.25. The number of imidazole rings is 1. The molecule has 0 amide bonds. The normalized spacial score (nSPS) is 16.9. The van der Waals surface area contributed by atoms with Gasteiger partial charge < -0.3 is 9.84 Å². The largest absolute Gasteiger partial charge is 0.482 e. The van der Waals surface area contributed by atoms with Crippen LogP contribution in [0.5, 0.6) is 5.75 Å². The van der Waals surface area contributed by atoms with Crippen molar-refractivity contribution in [3.05, 3.63) is 42.0 Å². The fourth-order valence-corrected chi connectivity index (χ4v) is 2.11. The van der Waals surface area contributed by atoms with Crippen LogP contribution >= 0.6 is 0 Å². The molecule has 5 heteroatoms. The molecule has 2 heterocycles. The first-order valence-corrected chi connectivity index (χ1v) is 5.25. The zero-order valence-corrected chi connectivity index (χ0v) is 9.12. The van der Waals surface area contributed by atoms with E-state index in [2.05, 4.69) is 4.98 Å². The summed E-state index contributed by atoms with van der Waals surface area (Å²) in [6, 6.07) is 7.49. The maximum Gasteiger partial charge on any atom is 0.356 e. The van der Waals surface area contributed by atoms with E-state index in [4.69, 9.17) is 9.84 Å². The van der Waals surface area contributed by atoms with E-state index in [1.807, 2.05) is 31.2 Å². The number of rotatable bonds is 1. The Balaban J connectivity index is 2.27. The minimum absolute atomic E-state index is 0.0482. The van der Waals surface area contributed by atoms with Gasteiger partial charge in [-0.15, -0.1) is 0 Å². The molecule has 1 N–H and O–H groups in total. The molecule has 0 radical (unpaired) electrons. The first kappa shape index (κ1) is 9.89. The molecule has 17 heavy (non-hydrogen) atoms. The maximum absolute atomic E-state index is 11.1. The Morgan fingerprint density at radius 2 is 2.24 bits per heavy atom. The molecule has 2 aromatic rings. The van der Waals surface area contributed by atoms with Crippen LogP contribution in [-0.4, -0.2) is 20.6 Å². The molecule has 5 nitrogen and oxygen atoms in total. The van der Waals surface area contributed by atoms with Crippen molar-refractivity contribution in [2.24, 2.45) is 0 Å². The van der Waals surface area contributed by atoms with Crippen LogP contribution < -0.4 is 4.74 Å². The predicted octanol–water partition coefficient (Wildman–Crippen LogP) is 2.02. The van der Waals surface area contributed by atoms with Gasteiger partial charge in [0, 0.05) is 0 Å². The van der Waals surface area contributed by atoms with E-state index in [0.717, 1.165) is 11.4 Å².